The van der Waals surface area contributed by atoms with E-state index in [0.29, 0.717) is 0 Å². The molecule has 0 unspecified atom stereocenters. The molecule has 0 saturated carbocycles. The van der Waals surface area contributed by atoms with Gasteiger partial charge in [-0.2, -0.15) is 4.98 Å². The Balaban J connectivity index is 1.42. The fourth-order valence-electron chi connectivity index (χ4n) is 3.36. The Hall–Kier alpha value is -2.09. The van der Waals surface area contributed by atoms with Gasteiger partial charge in [-0.05, 0) is 31.2 Å². The van der Waals surface area contributed by atoms with E-state index in [2.05, 4.69) is 29.7 Å². The van der Waals surface area contributed by atoms with Crippen LogP contribution in [-0.2, 0) is 0 Å². The lowest BCUT2D eigenvalue weighted by Gasteiger charge is -2.36. The average molecular weight is 357 g/mol. The van der Waals surface area contributed by atoms with Crippen molar-refractivity contribution in [3.8, 4) is 0 Å². The van der Waals surface area contributed by atoms with E-state index >= 15 is 0 Å². The van der Waals surface area contributed by atoms with E-state index < -0.39 is 0 Å². The van der Waals surface area contributed by atoms with Crippen LogP contribution in [0.1, 0.15) is 12.8 Å². The SMILES string of the molecule is CSc1nccc(N2CCN(c3ccnc(N4CCCC4)n3)CC2)n1. The Kier molecular flexibility index (Phi) is 4.87. The summed E-state index contributed by atoms with van der Waals surface area (Å²) in [5.41, 5.74) is 0. The van der Waals surface area contributed by atoms with E-state index in [4.69, 9.17) is 4.98 Å². The second-order valence-electron chi connectivity index (χ2n) is 6.28. The molecule has 4 rings (SSSR count). The Labute approximate surface area is 152 Å². The molecule has 0 aromatic carbocycles. The van der Waals surface area contributed by atoms with Crippen LogP contribution in [0, 0.1) is 0 Å². The van der Waals surface area contributed by atoms with Crippen LogP contribution in [0.3, 0.4) is 0 Å². The molecule has 2 aliphatic rings. The minimum absolute atomic E-state index is 0.825. The Morgan fingerprint density at radius 1 is 0.760 bits per heavy atom. The topological polar surface area (TPSA) is 61.3 Å². The normalized spacial score (nSPS) is 18.0. The van der Waals surface area contributed by atoms with Gasteiger partial charge in [-0.1, -0.05) is 11.8 Å². The highest BCUT2D eigenvalue weighted by Gasteiger charge is 2.21. The third-order valence-electron chi connectivity index (χ3n) is 4.75. The molecule has 0 N–H and O–H groups in total. The fourth-order valence-corrected chi connectivity index (χ4v) is 3.71. The third-order valence-corrected chi connectivity index (χ3v) is 5.31. The number of thioether (sulfide) groups is 1. The summed E-state index contributed by atoms with van der Waals surface area (Å²) in [5.74, 6) is 2.92. The van der Waals surface area contributed by atoms with Gasteiger partial charge in [0.05, 0.1) is 0 Å². The van der Waals surface area contributed by atoms with Crippen LogP contribution in [-0.4, -0.2) is 65.5 Å². The lowest BCUT2D eigenvalue weighted by molar-refractivity contribution is 0.637. The monoisotopic (exact) mass is 357 g/mol. The van der Waals surface area contributed by atoms with Crippen LogP contribution in [0.4, 0.5) is 17.6 Å². The summed E-state index contributed by atoms with van der Waals surface area (Å²) >= 11 is 1.58. The summed E-state index contributed by atoms with van der Waals surface area (Å²) in [7, 11) is 0. The summed E-state index contributed by atoms with van der Waals surface area (Å²) in [6.45, 7) is 5.90. The summed E-state index contributed by atoms with van der Waals surface area (Å²) < 4.78 is 0. The van der Waals surface area contributed by atoms with Crippen molar-refractivity contribution in [3.63, 3.8) is 0 Å². The van der Waals surface area contributed by atoms with Crippen LogP contribution in [0.2, 0.25) is 0 Å². The van der Waals surface area contributed by atoms with E-state index in [9.17, 15) is 0 Å². The number of hydrogen-bond donors (Lipinski definition) is 0. The number of aromatic nitrogens is 4. The molecule has 0 bridgehead atoms. The zero-order valence-corrected chi connectivity index (χ0v) is 15.3. The van der Waals surface area contributed by atoms with Gasteiger partial charge in [-0.25, -0.2) is 15.0 Å². The quantitative estimate of drug-likeness (QED) is 0.607. The molecular weight excluding hydrogens is 334 g/mol. The predicted octanol–water partition coefficient (Wildman–Crippen LogP) is 1.92. The first-order chi connectivity index (χ1) is 12.3. The second-order valence-corrected chi connectivity index (χ2v) is 7.06. The molecular formula is C17H23N7S. The molecule has 2 saturated heterocycles. The maximum atomic E-state index is 4.80. The molecule has 4 heterocycles. The van der Waals surface area contributed by atoms with Gasteiger partial charge in [-0.3, -0.25) is 0 Å². The minimum atomic E-state index is 0.825. The molecule has 0 atom stereocenters. The molecule has 2 aliphatic heterocycles. The number of piperazine rings is 1. The van der Waals surface area contributed by atoms with Crippen molar-refractivity contribution in [2.24, 2.45) is 0 Å². The molecule has 0 radical (unpaired) electrons. The number of rotatable bonds is 4. The molecule has 2 aromatic rings. The molecule has 7 nitrogen and oxygen atoms in total. The smallest absolute Gasteiger partial charge is 0.227 e. The molecule has 0 spiro atoms. The lowest BCUT2D eigenvalue weighted by Crippen LogP contribution is -2.47. The van der Waals surface area contributed by atoms with Gasteiger partial charge in [-0.15, -0.1) is 0 Å². The van der Waals surface area contributed by atoms with E-state index in [1.165, 1.54) is 12.8 Å². The van der Waals surface area contributed by atoms with Crippen molar-refractivity contribution in [1.82, 2.24) is 19.9 Å². The summed E-state index contributed by atoms with van der Waals surface area (Å²) in [5, 5.41) is 0.825. The second kappa shape index (κ2) is 7.43. The van der Waals surface area contributed by atoms with Crippen molar-refractivity contribution in [2.45, 2.75) is 18.0 Å². The number of nitrogens with zero attached hydrogens (tertiary/aromatic N) is 7. The first-order valence-corrected chi connectivity index (χ1v) is 10.0. The van der Waals surface area contributed by atoms with Gasteiger partial charge >= 0.3 is 0 Å². The van der Waals surface area contributed by atoms with Gasteiger partial charge in [0.15, 0.2) is 5.16 Å². The summed E-state index contributed by atoms with van der Waals surface area (Å²) in [6, 6.07) is 4.01. The van der Waals surface area contributed by atoms with Crippen LogP contribution in [0.15, 0.2) is 29.7 Å². The van der Waals surface area contributed by atoms with Gasteiger partial charge in [0.25, 0.3) is 0 Å². The van der Waals surface area contributed by atoms with Gasteiger partial charge in [0.2, 0.25) is 5.95 Å². The van der Waals surface area contributed by atoms with E-state index in [-0.39, 0.29) is 0 Å². The van der Waals surface area contributed by atoms with Crippen molar-refractivity contribution in [3.05, 3.63) is 24.5 Å². The van der Waals surface area contributed by atoms with E-state index in [0.717, 1.165) is 62.0 Å². The Morgan fingerprint density at radius 3 is 2.00 bits per heavy atom. The maximum absolute atomic E-state index is 4.80. The molecule has 25 heavy (non-hydrogen) atoms. The van der Waals surface area contributed by atoms with Crippen LogP contribution >= 0.6 is 11.8 Å². The highest BCUT2D eigenvalue weighted by atomic mass is 32.2. The third kappa shape index (κ3) is 3.63. The molecule has 0 amide bonds. The van der Waals surface area contributed by atoms with Gasteiger partial charge in [0.1, 0.15) is 11.6 Å². The van der Waals surface area contributed by atoms with Crippen molar-refractivity contribution in [2.75, 3.05) is 60.2 Å². The largest absolute Gasteiger partial charge is 0.353 e. The highest BCUT2D eigenvalue weighted by molar-refractivity contribution is 7.98. The van der Waals surface area contributed by atoms with Crippen molar-refractivity contribution < 1.29 is 0 Å². The standard InChI is InChI=1S/C17H23N7S/c1-25-17-19-7-5-15(21-17)23-12-10-22(11-13-23)14-4-6-18-16(20-14)24-8-2-3-9-24/h4-7H,2-3,8-13H2,1H3. The highest BCUT2D eigenvalue weighted by Crippen LogP contribution is 2.22. The zero-order valence-electron chi connectivity index (χ0n) is 14.5. The molecule has 2 fully saturated rings. The fraction of sp³-hybridized carbons (Fsp3) is 0.529. The predicted molar refractivity (Wildman–Crippen MR) is 102 cm³/mol. The van der Waals surface area contributed by atoms with Crippen LogP contribution in [0.5, 0.6) is 0 Å². The van der Waals surface area contributed by atoms with Gasteiger partial charge in [0, 0.05) is 51.7 Å². The average Bonchev–Trinajstić information content (AvgIpc) is 3.23. The maximum Gasteiger partial charge on any atom is 0.227 e. The first kappa shape index (κ1) is 16.4. The lowest BCUT2D eigenvalue weighted by atomic mass is 10.3. The van der Waals surface area contributed by atoms with Crippen molar-refractivity contribution >= 4 is 29.3 Å². The Bertz CT molecular complexity index is 712. The zero-order chi connectivity index (χ0) is 17.1. The number of hydrogen-bond acceptors (Lipinski definition) is 8. The molecule has 132 valence electrons. The number of anilines is 3. The molecule has 0 aliphatic carbocycles. The Morgan fingerprint density at radius 2 is 1.36 bits per heavy atom. The van der Waals surface area contributed by atoms with Crippen LogP contribution < -0.4 is 14.7 Å². The summed E-state index contributed by atoms with van der Waals surface area (Å²) in [6.07, 6.45) is 8.21. The van der Waals surface area contributed by atoms with E-state index in [1.807, 2.05) is 30.8 Å². The van der Waals surface area contributed by atoms with E-state index in [1.54, 1.807) is 11.8 Å². The van der Waals surface area contributed by atoms with Crippen LogP contribution in [0.25, 0.3) is 0 Å². The van der Waals surface area contributed by atoms with Crippen molar-refractivity contribution in [1.29, 1.82) is 0 Å². The molecule has 2 aromatic heterocycles. The first-order valence-electron chi connectivity index (χ1n) is 8.78. The van der Waals surface area contributed by atoms with Gasteiger partial charge < -0.3 is 14.7 Å². The summed E-state index contributed by atoms with van der Waals surface area (Å²) in [4.78, 5) is 25.1. The minimum Gasteiger partial charge on any atom is -0.353 e. The molecule has 8 heteroatoms.